The Balaban J connectivity index is 1.72. The molecule has 0 spiro atoms. The van der Waals surface area contributed by atoms with E-state index in [1.807, 2.05) is 11.6 Å². The highest BCUT2D eigenvalue weighted by Crippen LogP contribution is 2.30. The van der Waals surface area contributed by atoms with Gasteiger partial charge >= 0.3 is 0 Å². The maximum absolute atomic E-state index is 4.29. The SMILES string of the molecule is CC(=Cc1ccccc1)CN1CCCC1c1nncn1C. The molecule has 1 aliphatic rings. The predicted octanol–water partition coefficient (Wildman–Crippen LogP) is 3.06. The molecule has 0 amide bonds. The van der Waals surface area contributed by atoms with Crippen LogP contribution < -0.4 is 0 Å². The van der Waals surface area contributed by atoms with Crippen molar-refractivity contribution in [1.82, 2.24) is 19.7 Å². The molecule has 1 saturated heterocycles. The van der Waals surface area contributed by atoms with Crippen molar-refractivity contribution >= 4 is 6.08 Å². The Bertz CT molecular complexity index is 615. The molecule has 4 nitrogen and oxygen atoms in total. The third-order valence-electron chi connectivity index (χ3n) is 4.07. The molecule has 0 aliphatic carbocycles. The molecule has 1 aromatic heterocycles. The summed E-state index contributed by atoms with van der Waals surface area (Å²) in [6.07, 6.45) is 6.46. The average Bonchev–Trinajstić information content (AvgIpc) is 3.08. The van der Waals surface area contributed by atoms with Crippen molar-refractivity contribution in [3.8, 4) is 0 Å². The molecular formula is C17H22N4. The van der Waals surface area contributed by atoms with Crippen molar-refractivity contribution in [1.29, 1.82) is 0 Å². The van der Waals surface area contributed by atoms with Crippen LogP contribution in [0.3, 0.4) is 0 Å². The summed E-state index contributed by atoms with van der Waals surface area (Å²) in [6.45, 7) is 4.34. The second-order valence-electron chi connectivity index (χ2n) is 5.83. The first-order valence-electron chi connectivity index (χ1n) is 7.54. The van der Waals surface area contributed by atoms with Crippen molar-refractivity contribution < 1.29 is 0 Å². The van der Waals surface area contributed by atoms with Gasteiger partial charge in [-0.15, -0.1) is 10.2 Å². The normalized spacial score (nSPS) is 20.1. The second-order valence-corrected chi connectivity index (χ2v) is 5.83. The average molecular weight is 282 g/mol. The molecule has 1 aromatic carbocycles. The molecule has 0 radical (unpaired) electrons. The van der Waals surface area contributed by atoms with Crippen LogP contribution in [0.2, 0.25) is 0 Å². The number of benzene rings is 1. The van der Waals surface area contributed by atoms with Crippen molar-refractivity contribution in [3.63, 3.8) is 0 Å². The Kier molecular flexibility index (Phi) is 4.15. The van der Waals surface area contributed by atoms with E-state index in [9.17, 15) is 0 Å². The van der Waals surface area contributed by atoms with Gasteiger partial charge in [-0.25, -0.2) is 0 Å². The highest BCUT2D eigenvalue weighted by Gasteiger charge is 2.29. The van der Waals surface area contributed by atoms with Gasteiger partial charge in [0.15, 0.2) is 0 Å². The molecule has 0 bridgehead atoms. The zero-order valence-corrected chi connectivity index (χ0v) is 12.7. The highest BCUT2D eigenvalue weighted by atomic mass is 15.3. The highest BCUT2D eigenvalue weighted by molar-refractivity contribution is 5.52. The van der Waals surface area contributed by atoms with E-state index in [0.717, 1.165) is 18.9 Å². The molecular weight excluding hydrogens is 260 g/mol. The molecule has 2 aromatic rings. The third kappa shape index (κ3) is 3.22. The standard InChI is InChI=1S/C17H22N4/c1-14(11-15-7-4-3-5-8-15)12-21-10-6-9-16(21)17-19-18-13-20(17)2/h3-5,7-8,11,13,16H,6,9-10,12H2,1-2H3. The van der Waals surface area contributed by atoms with Gasteiger partial charge in [0, 0.05) is 13.6 Å². The molecule has 0 N–H and O–H groups in total. The number of nitrogens with zero attached hydrogens (tertiary/aromatic N) is 4. The van der Waals surface area contributed by atoms with Gasteiger partial charge in [0.2, 0.25) is 0 Å². The molecule has 1 atom stereocenters. The third-order valence-corrected chi connectivity index (χ3v) is 4.07. The molecule has 3 rings (SSSR count). The van der Waals surface area contributed by atoms with E-state index in [2.05, 4.69) is 58.4 Å². The maximum atomic E-state index is 4.29. The zero-order chi connectivity index (χ0) is 14.7. The molecule has 1 unspecified atom stereocenters. The van der Waals surface area contributed by atoms with Gasteiger partial charge in [-0.2, -0.15) is 0 Å². The van der Waals surface area contributed by atoms with Crippen LogP contribution in [0.5, 0.6) is 0 Å². The Hall–Kier alpha value is -1.94. The Morgan fingerprint density at radius 3 is 2.86 bits per heavy atom. The van der Waals surface area contributed by atoms with E-state index >= 15 is 0 Å². The monoisotopic (exact) mass is 282 g/mol. The topological polar surface area (TPSA) is 34.0 Å². The van der Waals surface area contributed by atoms with Crippen LogP contribution in [0.1, 0.15) is 37.2 Å². The first-order chi connectivity index (χ1) is 10.2. The molecule has 2 heterocycles. The summed E-state index contributed by atoms with van der Waals surface area (Å²) in [6, 6.07) is 10.9. The quantitative estimate of drug-likeness (QED) is 0.864. The first-order valence-corrected chi connectivity index (χ1v) is 7.54. The van der Waals surface area contributed by atoms with E-state index in [-0.39, 0.29) is 0 Å². The molecule has 0 saturated carbocycles. The lowest BCUT2D eigenvalue weighted by atomic mass is 10.1. The number of hydrogen-bond donors (Lipinski definition) is 0. The van der Waals surface area contributed by atoms with Crippen LogP contribution in [-0.2, 0) is 7.05 Å². The Labute approximate surface area is 126 Å². The molecule has 4 heteroatoms. The van der Waals surface area contributed by atoms with E-state index in [0.29, 0.717) is 6.04 Å². The van der Waals surface area contributed by atoms with Crippen LogP contribution in [0.15, 0.2) is 42.2 Å². The second kappa shape index (κ2) is 6.22. The molecule has 21 heavy (non-hydrogen) atoms. The van der Waals surface area contributed by atoms with Crippen LogP contribution in [0.25, 0.3) is 6.08 Å². The fourth-order valence-corrected chi connectivity index (χ4v) is 3.10. The lowest BCUT2D eigenvalue weighted by Crippen LogP contribution is -2.26. The maximum Gasteiger partial charge on any atom is 0.149 e. The van der Waals surface area contributed by atoms with E-state index in [1.54, 1.807) is 6.33 Å². The van der Waals surface area contributed by atoms with Gasteiger partial charge in [-0.1, -0.05) is 42.0 Å². The van der Waals surface area contributed by atoms with Crippen molar-refractivity contribution in [2.75, 3.05) is 13.1 Å². The minimum absolute atomic E-state index is 0.400. The van der Waals surface area contributed by atoms with E-state index < -0.39 is 0 Å². The summed E-state index contributed by atoms with van der Waals surface area (Å²) < 4.78 is 2.04. The van der Waals surface area contributed by atoms with Gasteiger partial charge in [0.1, 0.15) is 12.2 Å². The number of likely N-dealkylation sites (tertiary alicyclic amines) is 1. The zero-order valence-electron chi connectivity index (χ0n) is 12.7. The molecule has 1 aliphatic heterocycles. The van der Waals surface area contributed by atoms with Gasteiger partial charge in [0.05, 0.1) is 6.04 Å². The predicted molar refractivity (Wildman–Crippen MR) is 84.6 cm³/mol. The van der Waals surface area contributed by atoms with Gasteiger partial charge in [0.25, 0.3) is 0 Å². The minimum atomic E-state index is 0.400. The molecule has 110 valence electrons. The van der Waals surface area contributed by atoms with Crippen molar-refractivity contribution in [2.24, 2.45) is 7.05 Å². The van der Waals surface area contributed by atoms with E-state index in [1.165, 1.54) is 24.0 Å². The summed E-state index contributed by atoms with van der Waals surface area (Å²) in [5.74, 6) is 1.08. The Morgan fingerprint density at radius 2 is 2.14 bits per heavy atom. The van der Waals surface area contributed by atoms with Gasteiger partial charge < -0.3 is 4.57 Å². The van der Waals surface area contributed by atoms with Crippen LogP contribution in [-0.4, -0.2) is 32.8 Å². The summed E-state index contributed by atoms with van der Waals surface area (Å²) in [7, 11) is 2.03. The minimum Gasteiger partial charge on any atom is -0.319 e. The summed E-state index contributed by atoms with van der Waals surface area (Å²) in [5.41, 5.74) is 2.65. The van der Waals surface area contributed by atoms with Crippen molar-refractivity contribution in [3.05, 3.63) is 53.6 Å². The first kappa shape index (κ1) is 14.0. The smallest absolute Gasteiger partial charge is 0.149 e. The summed E-state index contributed by atoms with van der Waals surface area (Å²) >= 11 is 0. The number of aryl methyl sites for hydroxylation is 1. The van der Waals surface area contributed by atoms with Gasteiger partial charge in [-0.3, -0.25) is 4.90 Å². The van der Waals surface area contributed by atoms with Crippen molar-refractivity contribution in [2.45, 2.75) is 25.8 Å². The van der Waals surface area contributed by atoms with Crippen LogP contribution in [0, 0.1) is 0 Å². The molecule has 1 fully saturated rings. The van der Waals surface area contributed by atoms with Crippen LogP contribution in [0.4, 0.5) is 0 Å². The fourth-order valence-electron chi connectivity index (χ4n) is 3.10. The number of hydrogen-bond acceptors (Lipinski definition) is 3. The van der Waals surface area contributed by atoms with Gasteiger partial charge in [-0.05, 0) is 31.9 Å². The van der Waals surface area contributed by atoms with Crippen LogP contribution >= 0.6 is 0 Å². The fraction of sp³-hybridized carbons (Fsp3) is 0.412. The number of aromatic nitrogens is 3. The van der Waals surface area contributed by atoms with E-state index in [4.69, 9.17) is 0 Å². The lowest BCUT2D eigenvalue weighted by molar-refractivity contribution is 0.265. The largest absolute Gasteiger partial charge is 0.319 e. The number of rotatable bonds is 4. The lowest BCUT2D eigenvalue weighted by Gasteiger charge is -2.23. The summed E-state index contributed by atoms with van der Waals surface area (Å²) in [5, 5.41) is 8.31. The Morgan fingerprint density at radius 1 is 1.33 bits per heavy atom. The summed E-state index contributed by atoms with van der Waals surface area (Å²) in [4.78, 5) is 2.51.